The Hall–Kier alpha value is -2.37. The first-order valence-electron chi connectivity index (χ1n) is 6.91. The van der Waals surface area contributed by atoms with Crippen molar-refractivity contribution >= 4 is 35.1 Å². The molecule has 0 spiro atoms. The zero-order valence-corrected chi connectivity index (χ0v) is 13.6. The number of amides is 1. The van der Waals surface area contributed by atoms with E-state index in [-0.39, 0.29) is 5.91 Å². The van der Waals surface area contributed by atoms with Crippen LogP contribution in [0.4, 0.5) is 0 Å². The molecule has 0 fully saturated rings. The fraction of sp³-hybridized carbons (Fsp3) is 0.0588. The summed E-state index contributed by atoms with van der Waals surface area (Å²) < 4.78 is 5.66. The summed E-state index contributed by atoms with van der Waals surface area (Å²) in [5, 5.41) is 6.49. The van der Waals surface area contributed by atoms with Crippen LogP contribution in [0.2, 0.25) is 5.02 Å². The minimum atomic E-state index is -0.162. The molecule has 2 heterocycles. The van der Waals surface area contributed by atoms with Gasteiger partial charge >= 0.3 is 0 Å². The number of thiophene rings is 1. The van der Waals surface area contributed by atoms with Crippen molar-refractivity contribution in [3.63, 3.8) is 0 Å². The molecular formula is C17H13ClN2O2S. The standard InChI is InChI=1S/C17H13ClN2O2S/c18-13-4-1-3-12(9-13)16-7-6-14(22-16)11-19-20-17(21)10-15-5-2-8-23-15/h1-9,11H,10H2,(H,20,21)/b19-11-. The number of nitrogens with zero attached hydrogens (tertiary/aromatic N) is 1. The minimum absolute atomic E-state index is 0.162. The lowest BCUT2D eigenvalue weighted by molar-refractivity contribution is -0.120. The lowest BCUT2D eigenvalue weighted by atomic mass is 10.2. The maximum atomic E-state index is 11.7. The quantitative estimate of drug-likeness (QED) is 0.552. The molecule has 0 unspecified atom stereocenters. The van der Waals surface area contributed by atoms with Gasteiger partial charge in [0.15, 0.2) is 0 Å². The molecule has 0 atom stereocenters. The number of benzene rings is 1. The SMILES string of the molecule is O=C(Cc1cccs1)N/N=C\c1ccc(-c2cccc(Cl)c2)o1. The van der Waals surface area contributed by atoms with Crippen LogP contribution in [0.5, 0.6) is 0 Å². The Bertz CT molecular complexity index is 825. The molecular weight excluding hydrogens is 332 g/mol. The molecule has 1 N–H and O–H groups in total. The van der Waals surface area contributed by atoms with E-state index >= 15 is 0 Å². The van der Waals surface area contributed by atoms with E-state index < -0.39 is 0 Å². The van der Waals surface area contributed by atoms with E-state index in [2.05, 4.69) is 10.5 Å². The molecule has 3 aromatic rings. The Morgan fingerprint density at radius 3 is 2.96 bits per heavy atom. The summed E-state index contributed by atoms with van der Waals surface area (Å²) >= 11 is 7.50. The van der Waals surface area contributed by atoms with Crippen LogP contribution in [0.1, 0.15) is 10.6 Å². The Balaban J connectivity index is 1.59. The van der Waals surface area contributed by atoms with E-state index in [9.17, 15) is 4.79 Å². The van der Waals surface area contributed by atoms with Crippen molar-refractivity contribution in [1.29, 1.82) is 0 Å². The topological polar surface area (TPSA) is 54.6 Å². The molecule has 6 heteroatoms. The second-order valence-electron chi connectivity index (χ2n) is 4.76. The van der Waals surface area contributed by atoms with Crippen molar-refractivity contribution in [1.82, 2.24) is 5.43 Å². The monoisotopic (exact) mass is 344 g/mol. The molecule has 0 bridgehead atoms. The van der Waals surface area contributed by atoms with Crippen LogP contribution in [0.3, 0.4) is 0 Å². The van der Waals surface area contributed by atoms with E-state index in [0.717, 1.165) is 10.4 Å². The molecule has 0 saturated heterocycles. The molecule has 1 amide bonds. The number of hydrogen-bond donors (Lipinski definition) is 1. The van der Waals surface area contributed by atoms with Gasteiger partial charge in [-0.2, -0.15) is 5.10 Å². The zero-order chi connectivity index (χ0) is 16.1. The van der Waals surface area contributed by atoms with E-state index in [4.69, 9.17) is 16.0 Å². The second-order valence-corrected chi connectivity index (χ2v) is 6.23. The van der Waals surface area contributed by atoms with Crippen LogP contribution in [-0.4, -0.2) is 12.1 Å². The van der Waals surface area contributed by atoms with Crippen LogP contribution in [0, 0.1) is 0 Å². The first kappa shape index (κ1) is 15.5. The van der Waals surface area contributed by atoms with Gasteiger partial charge in [-0.3, -0.25) is 4.79 Å². The Kier molecular flexibility index (Phi) is 4.90. The van der Waals surface area contributed by atoms with Gasteiger partial charge in [0.25, 0.3) is 0 Å². The van der Waals surface area contributed by atoms with Crippen molar-refractivity contribution in [3.8, 4) is 11.3 Å². The van der Waals surface area contributed by atoms with Gasteiger partial charge in [-0.15, -0.1) is 11.3 Å². The van der Waals surface area contributed by atoms with Crippen molar-refractivity contribution in [2.24, 2.45) is 5.10 Å². The fourth-order valence-electron chi connectivity index (χ4n) is 2.00. The van der Waals surface area contributed by atoms with Crippen LogP contribution in [0.15, 0.2) is 63.4 Å². The summed E-state index contributed by atoms with van der Waals surface area (Å²) in [6, 6.07) is 14.8. The average molecular weight is 345 g/mol. The minimum Gasteiger partial charge on any atom is -0.455 e. The van der Waals surface area contributed by atoms with Gasteiger partial charge in [0, 0.05) is 15.5 Å². The fourth-order valence-corrected chi connectivity index (χ4v) is 2.89. The van der Waals surface area contributed by atoms with E-state index in [1.807, 2.05) is 41.8 Å². The third-order valence-corrected chi connectivity index (χ3v) is 4.14. The normalized spacial score (nSPS) is 11.0. The molecule has 0 aliphatic heterocycles. The van der Waals surface area contributed by atoms with E-state index in [0.29, 0.717) is 23.0 Å². The summed E-state index contributed by atoms with van der Waals surface area (Å²) in [7, 11) is 0. The smallest absolute Gasteiger partial charge is 0.245 e. The van der Waals surface area contributed by atoms with Crippen LogP contribution < -0.4 is 5.43 Å². The van der Waals surface area contributed by atoms with Crippen molar-refractivity contribution in [2.75, 3.05) is 0 Å². The highest BCUT2D eigenvalue weighted by Gasteiger charge is 2.05. The number of nitrogens with one attached hydrogen (secondary N) is 1. The summed E-state index contributed by atoms with van der Waals surface area (Å²) in [4.78, 5) is 12.7. The number of hydrogen-bond acceptors (Lipinski definition) is 4. The Morgan fingerprint density at radius 1 is 1.26 bits per heavy atom. The first-order chi connectivity index (χ1) is 11.2. The molecule has 0 aliphatic carbocycles. The van der Waals surface area contributed by atoms with Gasteiger partial charge < -0.3 is 4.42 Å². The summed E-state index contributed by atoms with van der Waals surface area (Å²) in [5.41, 5.74) is 3.37. The summed E-state index contributed by atoms with van der Waals surface area (Å²) in [6.45, 7) is 0. The molecule has 116 valence electrons. The number of hydrazone groups is 1. The lowest BCUT2D eigenvalue weighted by Crippen LogP contribution is -2.19. The van der Waals surface area contributed by atoms with Crippen molar-refractivity contribution in [2.45, 2.75) is 6.42 Å². The highest BCUT2D eigenvalue weighted by molar-refractivity contribution is 7.10. The van der Waals surface area contributed by atoms with Crippen LogP contribution >= 0.6 is 22.9 Å². The highest BCUT2D eigenvalue weighted by Crippen LogP contribution is 2.24. The van der Waals surface area contributed by atoms with Gasteiger partial charge in [0.05, 0.1) is 12.6 Å². The molecule has 3 rings (SSSR count). The van der Waals surface area contributed by atoms with Gasteiger partial charge in [-0.1, -0.05) is 29.8 Å². The third kappa shape index (κ3) is 4.31. The average Bonchev–Trinajstić information content (AvgIpc) is 3.19. The van der Waals surface area contributed by atoms with Gasteiger partial charge in [0.2, 0.25) is 5.91 Å². The number of furan rings is 1. The molecule has 23 heavy (non-hydrogen) atoms. The van der Waals surface area contributed by atoms with Crippen molar-refractivity contribution in [3.05, 3.63) is 69.6 Å². The number of rotatable bonds is 5. The summed E-state index contributed by atoms with van der Waals surface area (Å²) in [5.74, 6) is 1.08. The lowest BCUT2D eigenvalue weighted by Gasteiger charge is -1.97. The zero-order valence-electron chi connectivity index (χ0n) is 12.0. The number of halogens is 1. The number of carbonyl (C=O) groups excluding carboxylic acids is 1. The van der Waals surface area contributed by atoms with Gasteiger partial charge in [0.1, 0.15) is 11.5 Å². The van der Waals surface area contributed by atoms with Crippen LogP contribution in [-0.2, 0) is 11.2 Å². The third-order valence-electron chi connectivity index (χ3n) is 3.03. The second kappa shape index (κ2) is 7.26. The van der Waals surface area contributed by atoms with E-state index in [1.54, 1.807) is 23.5 Å². The summed E-state index contributed by atoms with van der Waals surface area (Å²) in [6.07, 6.45) is 1.79. The molecule has 2 aromatic heterocycles. The number of carbonyl (C=O) groups is 1. The molecule has 4 nitrogen and oxygen atoms in total. The van der Waals surface area contributed by atoms with Gasteiger partial charge in [-0.25, -0.2) is 5.43 Å². The maximum absolute atomic E-state index is 11.7. The molecule has 0 aliphatic rings. The predicted octanol–water partition coefficient (Wildman–Crippen LogP) is 4.35. The van der Waals surface area contributed by atoms with Gasteiger partial charge in [-0.05, 0) is 35.7 Å². The highest BCUT2D eigenvalue weighted by atomic mass is 35.5. The first-order valence-corrected chi connectivity index (χ1v) is 8.16. The molecule has 1 aromatic carbocycles. The van der Waals surface area contributed by atoms with Crippen molar-refractivity contribution < 1.29 is 9.21 Å². The molecule has 0 radical (unpaired) electrons. The molecule has 0 saturated carbocycles. The Morgan fingerprint density at radius 2 is 2.17 bits per heavy atom. The predicted molar refractivity (Wildman–Crippen MR) is 92.9 cm³/mol. The Labute approximate surface area is 142 Å². The maximum Gasteiger partial charge on any atom is 0.245 e. The van der Waals surface area contributed by atoms with E-state index in [1.165, 1.54) is 6.21 Å². The van der Waals surface area contributed by atoms with Crippen LogP contribution in [0.25, 0.3) is 11.3 Å². The largest absolute Gasteiger partial charge is 0.455 e.